The quantitative estimate of drug-likeness (QED) is 0.784. The van der Waals surface area contributed by atoms with Gasteiger partial charge in [0, 0.05) is 0 Å². The van der Waals surface area contributed by atoms with E-state index in [1.54, 1.807) is 0 Å². The van der Waals surface area contributed by atoms with Gasteiger partial charge in [-0.2, -0.15) is 0 Å². The van der Waals surface area contributed by atoms with E-state index in [1.165, 1.54) is 11.1 Å². The number of hydrogen-bond acceptors (Lipinski definition) is 2. The molecule has 0 bridgehead atoms. The fraction of sp³-hybridized carbons (Fsp3) is 0.267. The molecule has 2 N–H and O–H groups in total. The SMILES string of the molecule is O=C1CNC(c2ccccc2)C2=CC=CCC2N1. The summed E-state index contributed by atoms with van der Waals surface area (Å²) >= 11 is 0. The summed E-state index contributed by atoms with van der Waals surface area (Å²) in [6.07, 6.45) is 7.16. The van der Waals surface area contributed by atoms with E-state index in [2.05, 4.69) is 41.0 Å². The van der Waals surface area contributed by atoms with Gasteiger partial charge in [-0.1, -0.05) is 48.6 Å². The van der Waals surface area contributed by atoms with Crippen molar-refractivity contribution in [2.75, 3.05) is 6.54 Å². The molecule has 0 aromatic heterocycles. The Bertz CT molecular complexity index is 504. The smallest absolute Gasteiger partial charge is 0.234 e. The van der Waals surface area contributed by atoms with Crippen LogP contribution in [0.1, 0.15) is 18.0 Å². The lowest BCUT2D eigenvalue weighted by molar-refractivity contribution is -0.120. The Morgan fingerprint density at radius 2 is 2.00 bits per heavy atom. The Morgan fingerprint density at radius 3 is 2.83 bits per heavy atom. The van der Waals surface area contributed by atoms with Crippen molar-refractivity contribution < 1.29 is 4.79 Å². The van der Waals surface area contributed by atoms with Crippen LogP contribution in [0.15, 0.2) is 54.1 Å². The maximum Gasteiger partial charge on any atom is 0.234 e. The minimum absolute atomic E-state index is 0.0691. The first-order valence-electron chi connectivity index (χ1n) is 6.29. The van der Waals surface area contributed by atoms with Gasteiger partial charge in [0.25, 0.3) is 0 Å². The molecule has 1 aliphatic heterocycles. The molecule has 1 fully saturated rings. The maximum absolute atomic E-state index is 11.7. The van der Waals surface area contributed by atoms with Crippen molar-refractivity contribution in [1.82, 2.24) is 10.6 Å². The van der Waals surface area contributed by atoms with Crippen molar-refractivity contribution in [3.8, 4) is 0 Å². The van der Waals surface area contributed by atoms with Crippen LogP contribution in [0.2, 0.25) is 0 Å². The Labute approximate surface area is 107 Å². The zero-order chi connectivity index (χ0) is 12.4. The van der Waals surface area contributed by atoms with Gasteiger partial charge in [0.1, 0.15) is 0 Å². The van der Waals surface area contributed by atoms with Gasteiger partial charge in [-0.3, -0.25) is 10.1 Å². The third-order valence-corrected chi connectivity index (χ3v) is 3.47. The molecule has 2 unspecified atom stereocenters. The summed E-state index contributed by atoms with van der Waals surface area (Å²) in [5, 5.41) is 6.39. The van der Waals surface area contributed by atoms with Crippen molar-refractivity contribution >= 4 is 5.91 Å². The highest BCUT2D eigenvalue weighted by atomic mass is 16.2. The van der Waals surface area contributed by atoms with Crippen molar-refractivity contribution in [3.05, 3.63) is 59.7 Å². The van der Waals surface area contributed by atoms with Crippen LogP contribution >= 0.6 is 0 Å². The Balaban J connectivity index is 1.98. The second-order valence-electron chi connectivity index (χ2n) is 4.68. The Hall–Kier alpha value is -1.87. The summed E-state index contributed by atoms with van der Waals surface area (Å²) < 4.78 is 0. The number of benzene rings is 1. The van der Waals surface area contributed by atoms with E-state index >= 15 is 0 Å². The van der Waals surface area contributed by atoms with E-state index in [-0.39, 0.29) is 18.0 Å². The van der Waals surface area contributed by atoms with Gasteiger partial charge >= 0.3 is 0 Å². The number of allylic oxidation sites excluding steroid dienone is 2. The molecule has 92 valence electrons. The van der Waals surface area contributed by atoms with Crippen LogP contribution < -0.4 is 10.6 Å². The number of hydrogen-bond donors (Lipinski definition) is 2. The van der Waals surface area contributed by atoms with Crippen molar-refractivity contribution in [1.29, 1.82) is 0 Å². The molecule has 3 rings (SSSR count). The number of amides is 1. The summed E-state index contributed by atoms with van der Waals surface area (Å²) in [5.41, 5.74) is 2.45. The van der Waals surface area contributed by atoms with Gasteiger partial charge < -0.3 is 5.32 Å². The first-order valence-corrected chi connectivity index (χ1v) is 6.29. The highest BCUT2D eigenvalue weighted by Crippen LogP contribution is 2.29. The van der Waals surface area contributed by atoms with E-state index < -0.39 is 0 Å². The number of fused-ring (bicyclic) bond motifs is 1. The van der Waals surface area contributed by atoms with E-state index in [1.807, 2.05) is 18.2 Å². The van der Waals surface area contributed by atoms with Crippen LogP contribution in [0.25, 0.3) is 0 Å². The molecular weight excluding hydrogens is 224 g/mol. The molecule has 3 heteroatoms. The van der Waals surface area contributed by atoms with Crippen molar-refractivity contribution in [2.24, 2.45) is 0 Å². The van der Waals surface area contributed by atoms with Crippen LogP contribution in [-0.2, 0) is 4.79 Å². The Kier molecular flexibility index (Phi) is 2.99. The van der Waals surface area contributed by atoms with E-state index in [0.29, 0.717) is 6.54 Å². The monoisotopic (exact) mass is 240 g/mol. The minimum Gasteiger partial charge on any atom is -0.348 e. The zero-order valence-electron chi connectivity index (χ0n) is 10.1. The minimum atomic E-state index is 0.0691. The predicted octanol–water partition coefficient (Wildman–Crippen LogP) is 1.70. The number of carbonyl (C=O) groups excluding carboxylic acids is 1. The van der Waals surface area contributed by atoms with Crippen LogP contribution in [-0.4, -0.2) is 18.5 Å². The molecule has 1 heterocycles. The highest BCUT2D eigenvalue weighted by molar-refractivity contribution is 5.79. The summed E-state index contributed by atoms with van der Waals surface area (Å²) in [6, 6.07) is 10.5. The topological polar surface area (TPSA) is 41.1 Å². The molecule has 1 saturated heterocycles. The average Bonchev–Trinajstić information content (AvgIpc) is 2.58. The van der Waals surface area contributed by atoms with Gasteiger partial charge in [0.2, 0.25) is 5.91 Å². The molecule has 3 nitrogen and oxygen atoms in total. The molecule has 18 heavy (non-hydrogen) atoms. The summed E-state index contributed by atoms with van der Waals surface area (Å²) in [6.45, 7) is 0.368. The number of rotatable bonds is 1. The second-order valence-corrected chi connectivity index (χ2v) is 4.68. The van der Waals surface area contributed by atoms with E-state index in [9.17, 15) is 4.79 Å². The van der Waals surface area contributed by atoms with Gasteiger partial charge in [0.05, 0.1) is 18.6 Å². The van der Waals surface area contributed by atoms with Gasteiger partial charge in [-0.25, -0.2) is 0 Å². The fourth-order valence-corrected chi connectivity index (χ4v) is 2.60. The Morgan fingerprint density at radius 1 is 1.17 bits per heavy atom. The van der Waals surface area contributed by atoms with Gasteiger partial charge in [-0.15, -0.1) is 0 Å². The van der Waals surface area contributed by atoms with Crippen LogP contribution in [0, 0.1) is 0 Å². The first kappa shape index (κ1) is 11.2. The largest absolute Gasteiger partial charge is 0.348 e. The van der Waals surface area contributed by atoms with Crippen LogP contribution in [0.5, 0.6) is 0 Å². The normalized spacial score (nSPS) is 26.9. The van der Waals surface area contributed by atoms with E-state index in [0.717, 1.165) is 6.42 Å². The highest BCUT2D eigenvalue weighted by Gasteiger charge is 2.29. The van der Waals surface area contributed by atoms with Crippen molar-refractivity contribution in [2.45, 2.75) is 18.5 Å². The van der Waals surface area contributed by atoms with Crippen LogP contribution in [0.3, 0.4) is 0 Å². The molecule has 0 spiro atoms. The number of nitrogens with one attached hydrogen (secondary N) is 2. The molecule has 0 radical (unpaired) electrons. The summed E-state index contributed by atoms with van der Waals surface area (Å²) in [7, 11) is 0. The predicted molar refractivity (Wildman–Crippen MR) is 71.0 cm³/mol. The zero-order valence-corrected chi connectivity index (χ0v) is 10.1. The van der Waals surface area contributed by atoms with Gasteiger partial charge in [-0.05, 0) is 17.6 Å². The average molecular weight is 240 g/mol. The summed E-state index contributed by atoms with van der Waals surface area (Å²) in [5.74, 6) is 0.0691. The molecule has 1 aliphatic carbocycles. The van der Waals surface area contributed by atoms with E-state index in [4.69, 9.17) is 0 Å². The fourth-order valence-electron chi connectivity index (χ4n) is 2.60. The molecule has 1 aromatic rings. The lowest BCUT2D eigenvalue weighted by Gasteiger charge is -2.26. The molecule has 2 atom stereocenters. The molecule has 2 aliphatic rings. The molecular formula is C15H16N2O. The third-order valence-electron chi connectivity index (χ3n) is 3.47. The first-order chi connectivity index (χ1) is 8.84. The second kappa shape index (κ2) is 4.78. The molecule has 0 saturated carbocycles. The maximum atomic E-state index is 11.7. The number of carbonyl (C=O) groups is 1. The van der Waals surface area contributed by atoms with Gasteiger partial charge in [0.15, 0.2) is 0 Å². The standard InChI is InChI=1S/C15H16N2O/c18-14-10-16-15(11-6-2-1-3-7-11)12-8-4-5-9-13(12)17-14/h1-8,13,15-16H,9-10H2,(H,17,18). The lowest BCUT2D eigenvalue weighted by atomic mass is 9.89. The lowest BCUT2D eigenvalue weighted by Crippen LogP contribution is -2.36. The van der Waals surface area contributed by atoms with Crippen molar-refractivity contribution in [3.63, 3.8) is 0 Å². The third kappa shape index (κ3) is 2.09. The molecule has 1 amide bonds. The summed E-state index contributed by atoms with van der Waals surface area (Å²) in [4.78, 5) is 11.7. The molecule has 1 aromatic carbocycles. The van der Waals surface area contributed by atoms with Crippen LogP contribution in [0.4, 0.5) is 0 Å².